The third-order valence-electron chi connectivity index (χ3n) is 4.31. The first-order chi connectivity index (χ1) is 13.9. The van der Waals surface area contributed by atoms with Crippen molar-refractivity contribution in [2.24, 2.45) is 7.05 Å². The smallest absolute Gasteiger partial charge is 0.416 e. The predicted molar refractivity (Wildman–Crippen MR) is 115 cm³/mol. The number of ether oxygens (including phenoxy) is 1. The molecule has 10 heteroatoms. The van der Waals surface area contributed by atoms with Crippen LogP contribution in [0.3, 0.4) is 0 Å². The Morgan fingerprint density at radius 3 is 2.83 bits per heavy atom. The number of fused-ring (bicyclic) bond motifs is 1. The van der Waals surface area contributed by atoms with Gasteiger partial charge in [0.15, 0.2) is 5.01 Å². The molecule has 0 saturated carbocycles. The number of rotatable bonds is 4. The summed E-state index contributed by atoms with van der Waals surface area (Å²) >= 11 is 13.4. The Labute approximate surface area is 180 Å². The van der Waals surface area contributed by atoms with Crippen LogP contribution in [0.4, 0.5) is 9.93 Å². The Morgan fingerprint density at radius 2 is 2.03 bits per heavy atom. The average Bonchev–Trinajstić information content (AvgIpc) is 3.33. The molecule has 0 saturated heterocycles. The molecule has 0 unspecified atom stereocenters. The zero-order valence-electron chi connectivity index (χ0n) is 15.5. The summed E-state index contributed by atoms with van der Waals surface area (Å²) in [6.45, 7) is 0.142. The summed E-state index contributed by atoms with van der Waals surface area (Å²) in [5, 5.41) is 15.4. The molecule has 148 valence electrons. The summed E-state index contributed by atoms with van der Waals surface area (Å²) in [5.74, 6) is 0. The molecule has 0 aliphatic heterocycles. The van der Waals surface area contributed by atoms with Crippen molar-refractivity contribution in [2.45, 2.75) is 6.61 Å². The quantitative estimate of drug-likeness (QED) is 0.431. The number of hydrogen-bond acceptors (Lipinski definition) is 6. The zero-order valence-corrected chi connectivity index (χ0v) is 17.8. The third kappa shape index (κ3) is 4.05. The number of benzene rings is 2. The van der Waals surface area contributed by atoms with Crippen molar-refractivity contribution in [3.8, 4) is 10.6 Å². The van der Waals surface area contributed by atoms with Gasteiger partial charge in [-0.25, -0.2) is 4.79 Å². The second-order valence-electron chi connectivity index (χ2n) is 6.29. The van der Waals surface area contributed by atoms with Gasteiger partial charge in [0.1, 0.15) is 6.61 Å². The Bertz CT molecular complexity index is 1210. The molecular weight excluding hydrogens is 433 g/mol. The number of carbonyl (C=O) groups excluding carboxylic acids is 1. The first-order valence-electron chi connectivity index (χ1n) is 8.52. The first kappa shape index (κ1) is 19.6. The van der Waals surface area contributed by atoms with Gasteiger partial charge in [-0.3, -0.25) is 9.58 Å². The van der Waals surface area contributed by atoms with Crippen molar-refractivity contribution >= 4 is 56.7 Å². The first-order valence-corrected chi connectivity index (χ1v) is 10.1. The zero-order chi connectivity index (χ0) is 20.5. The van der Waals surface area contributed by atoms with Crippen LogP contribution in [0.1, 0.15) is 5.56 Å². The van der Waals surface area contributed by atoms with E-state index in [1.165, 1.54) is 16.2 Å². The molecule has 0 fully saturated rings. The molecule has 0 N–H and O–H groups in total. The highest BCUT2D eigenvalue weighted by molar-refractivity contribution is 7.18. The van der Waals surface area contributed by atoms with E-state index in [-0.39, 0.29) is 6.61 Å². The summed E-state index contributed by atoms with van der Waals surface area (Å²) in [7, 11) is 3.46. The van der Waals surface area contributed by atoms with Crippen molar-refractivity contribution in [3.63, 3.8) is 0 Å². The van der Waals surface area contributed by atoms with Crippen molar-refractivity contribution in [1.29, 1.82) is 0 Å². The summed E-state index contributed by atoms with van der Waals surface area (Å²) in [6.07, 6.45) is 1.25. The van der Waals surface area contributed by atoms with Crippen LogP contribution in [0.2, 0.25) is 10.0 Å². The number of carbonyl (C=O) groups is 1. The fourth-order valence-corrected chi connectivity index (χ4v) is 4.14. The van der Waals surface area contributed by atoms with Gasteiger partial charge in [0.05, 0.1) is 16.7 Å². The topological polar surface area (TPSA) is 73.1 Å². The summed E-state index contributed by atoms with van der Waals surface area (Å²) in [5.41, 5.74) is 2.59. The van der Waals surface area contributed by atoms with E-state index < -0.39 is 6.09 Å². The van der Waals surface area contributed by atoms with Gasteiger partial charge in [0.2, 0.25) is 5.13 Å². The minimum absolute atomic E-state index is 0.142. The Morgan fingerprint density at radius 1 is 1.21 bits per heavy atom. The normalized spacial score (nSPS) is 11.0. The van der Waals surface area contributed by atoms with Crippen molar-refractivity contribution in [2.75, 3.05) is 11.9 Å². The maximum absolute atomic E-state index is 12.4. The molecule has 2 heterocycles. The van der Waals surface area contributed by atoms with E-state index in [1.54, 1.807) is 36.1 Å². The fourth-order valence-electron chi connectivity index (χ4n) is 2.75. The van der Waals surface area contributed by atoms with E-state index in [0.717, 1.165) is 16.5 Å². The van der Waals surface area contributed by atoms with Crippen LogP contribution in [0.5, 0.6) is 0 Å². The molecule has 4 aromatic rings. The molecule has 2 aromatic carbocycles. The summed E-state index contributed by atoms with van der Waals surface area (Å²) in [4.78, 5) is 13.7. The van der Waals surface area contributed by atoms with Crippen LogP contribution >= 0.6 is 34.5 Å². The van der Waals surface area contributed by atoms with Gasteiger partial charge >= 0.3 is 6.09 Å². The largest absolute Gasteiger partial charge is 0.444 e. The molecule has 0 aliphatic rings. The van der Waals surface area contributed by atoms with E-state index in [0.29, 0.717) is 25.7 Å². The molecule has 0 atom stereocenters. The lowest BCUT2D eigenvalue weighted by atomic mass is 10.2. The lowest BCUT2D eigenvalue weighted by Gasteiger charge is -2.13. The molecule has 1 amide bonds. The molecule has 0 bridgehead atoms. The van der Waals surface area contributed by atoms with Gasteiger partial charge in [-0.15, -0.1) is 10.2 Å². The van der Waals surface area contributed by atoms with E-state index in [4.69, 9.17) is 27.9 Å². The van der Waals surface area contributed by atoms with Gasteiger partial charge in [-0.2, -0.15) is 5.10 Å². The van der Waals surface area contributed by atoms with Gasteiger partial charge in [0.25, 0.3) is 0 Å². The molecule has 0 radical (unpaired) electrons. The van der Waals surface area contributed by atoms with Gasteiger partial charge in [-0.1, -0.05) is 40.6 Å². The van der Waals surface area contributed by atoms with Crippen LogP contribution in [0.25, 0.3) is 21.5 Å². The number of anilines is 1. The number of aromatic nitrogens is 4. The maximum Gasteiger partial charge on any atom is 0.416 e. The maximum atomic E-state index is 12.4. The Balaban J connectivity index is 1.44. The molecule has 4 rings (SSSR count). The molecular formula is C19H15Cl2N5O2S. The number of halogens is 2. The minimum Gasteiger partial charge on any atom is -0.444 e. The number of amides is 1. The Hall–Kier alpha value is -2.68. The average molecular weight is 448 g/mol. The van der Waals surface area contributed by atoms with Crippen LogP contribution in [0.15, 0.2) is 42.6 Å². The van der Waals surface area contributed by atoms with Crippen LogP contribution < -0.4 is 4.90 Å². The van der Waals surface area contributed by atoms with E-state index in [2.05, 4.69) is 15.3 Å². The third-order valence-corrected chi connectivity index (χ3v) is 5.89. The van der Waals surface area contributed by atoms with E-state index in [9.17, 15) is 4.79 Å². The molecule has 29 heavy (non-hydrogen) atoms. The summed E-state index contributed by atoms with van der Waals surface area (Å²) < 4.78 is 7.20. The number of hydrogen-bond donors (Lipinski definition) is 0. The van der Waals surface area contributed by atoms with Gasteiger partial charge in [0, 0.05) is 30.1 Å². The highest BCUT2D eigenvalue weighted by atomic mass is 35.5. The Kier molecular flexibility index (Phi) is 5.40. The van der Waals surface area contributed by atoms with Crippen LogP contribution in [0, 0.1) is 0 Å². The van der Waals surface area contributed by atoms with Crippen molar-refractivity contribution < 1.29 is 9.53 Å². The molecule has 0 aliphatic carbocycles. The monoisotopic (exact) mass is 447 g/mol. The number of aryl methyl sites for hydroxylation is 1. The molecule has 0 spiro atoms. The lowest BCUT2D eigenvalue weighted by Crippen LogP contribution is -2.26. The van der Waals surface area contributed by atoms with Crippen molar-refractivity contribution in [1.82, 2.24) is 20.0 Å². The van der Waals surface area contributed by atoms with Gasteiger partial charge < -0.3 is 4.74 Å². The second kappa shape index (κ2) is 7.98. The highest BCUT2D eigenvalue weighted by Gasteiger charge is 2.19. The molecule has 7 nitrogen and oxygen atoms in total. The van der Waals surface area contributed by atoms with Gasteiger partial charge in [-0.05, 0) is 35.9 Å². The lowest BCUT2D eigenvalue weighted by molar-refractivity contribution is 0.148. The van der Waals surface area contributed by atoms with Crippen molar-refractivity contribution in [3.05, 3.63) is 58.2 Å². The fraction of sp³-hybridized carbons (Fsp3) is 0.158. The van der Waals surface area contributed by atoms with E-state index in [1.807, 2.05) is 25.2 Å². The summed E-state index contributed by atoms with van der Waals surface area (Å²) in [6, 6.07) is 10.9. The van der Waals surface area contributed by atoms with Crippen LogP contribution in [-0.2, 0) is 18.4 Å². The highest BCUT2D eigenvalue weighted by Crippen LogP contribution is 2.34. The number of nitrogens with zero attached hydrogens (tertiary/aromatic N) is 5. The predicted octanol–water partition coefficient (Wildman–Crippen LogP) is 5.17. The SMILES string of the molecule is CN(C(=O)OCc1ccc2c(cnn2C)c1)c1nnc(-c2ccc(Cl)cc2Cl)s1. The van der Waals surface area contributed by atoms with E-state index >= 15 is 0 Å². The second-order valence-corrected chi connectivity index (χ2v) is 8.09. The van der Waals surface area contributed by atoms with Crippen LogP contribution in [-0.4, -0.2) is 33.1 Å². The minimum atomic E-state index is -0.527. The standard InChI is InChI=1S/C19H15Cl2N5O2S/c1-25(18-24-23-17(29-18)14-5-4-13(20)8-15(14)21)19(27)28-10-11-3-6-16-12(7-11)9-22-26(16)2/h3-9H,10H2,1-2H3. The molecule has 2 aromatic heterocycles.